The van der Waals surface area contributed by atoms with Crippen LogP contribution in [0.1, 0.15) is 57.4 Å². The lowest BCUT2D eigenvalue weighted by atomic mass is 9.87. The van der Waals surface area contributed by atoms with E-state index in [1.807, 2.05) is 4.90 Å². The van der Waals surface area contributed by atoms with Crippen LogP contribution >= 0.6 is 0 Å². The number of anilines is 1. The average molecular weight is 372 g/mol. The summed E-state index contributed by atoms with van der Waals surface area (Å²) in [6.45, 7) is 4.37. The minimum Gasteiger partial charge on any atom is -0.481 e. The number of rotatable bonds is 5. The predicted octanol–water partition coefficient (Wildman–Crippen LogP) is 3.24. The van der Waals surface area contributed by atoms with Crippen LogP contribution in [0.25, 0.3) is 0 Å². The predicted molar refractivity (Wildman–Crippen MR) is 102 cm³/mol. The molecule has 6 heteroatoms. The summed E-state index contributed by atoms with van der Waals surface area (Å²) >= 11 is 0. The molecule has 1 aromatic rings. The van der Waals surface area contributed by atoms with Gasteiger partial charge in [0.1, 0.15) is 0 Å². The first kappa shape index (κ1) is 19.4. The molecule has 0 aromatic heterocycles. The minimum absolute atomic E-state index is 0.0836. The van der Waals surface area contributed by atoms with Gasteiger partial charge < -0.3 is 15.3 Å². The van der Waals surface area contributed by atoms with Crippen LogP contribution in [0.4, 0.5) is 5.69 Å². The Bertz CT molecular complexity index is 707. The van der Waals surface area contributed by atoms with Crippen molar-refractivity contribution in [2.45, 2.75) is 57.9 Å². The second kappa shape index (κ2) is 8.11. The van der Waals surface area contributed by atoms with Crippen LogP contribution in [0.2, 0.25) is 0 Å². The van der Waals surface area contributed by atoms with Crippen molar-refractivity contribution in [1.29, 1.82) is 0 Å². The topological polar surface area (TPSA) is 86.7 Å². The first-order valence-corrected chi connectivity index (χ1v) is 9.78. The van der Waals surface area contributed by atoms with Crippen molar-refractivity contribution in [2.24, 2.45) is 11.8 Å². The smallest absolute Gasteiger partial charge is 0.310 e. The maximum Gasteiger partial charge on any atom is 0.310 e. The highest BCUT2D eigenvalue weighted by atomic mass is 16.4. The fourth-order valence-corrected chi connectivity index (χ4v) is 4.06. The van der Waals surface area contributed by atoms with Crippen molar-refractivity contribution in [3.63, 3.8) is 0 Å². The largest absolute Gasteiger partial charge is 0.481 e. The van der Waals surface area contributed by atoms with Gasteiger partial charge in [-0.3, -0.25) is 14.4 Å². The van der Waals surface area contributed by atoms with Crippen molar-refractivity contribution < 1.29 is 19.5 Å². The number of carbonyl (C=O) groups excluding carboxylic acids is 2. The average Bonchev–Trinajstić information content (AvgIpc) is 3.04. The molecule has 2 N–H and O–H groups in total. The van der Waals surface area contributed by atoms with Gasteiger partial charge >= 0.3 is 5.97 Å². The second-order valence-electron chi connectivity index (χ2n) is 8.03. The van der Waals surface area contributed by atoms with E-state index in [0.29, 0.717) is 17.8 Å². The Morgan fingerprint density at radius 2 is 1.78 bits per heavy atom. The maximum absolute atomic E-state index is 12.6. The third-order valence-electron chi connectivity index (χ3n) is 6.00. The number of benzene rings is 1. The van der Waals surface area contributed by atoms with E-state index in [4.69, 9.17) is 5.11 Å². The molecule has 27 heavy (non-hydrogen) atoms. The second-order valence-corrected chi connectivity index (χ2v) is 8.03. The molecule has 3 rings (SSSR count). The number of hydrogen-bond acceptors (Lipinski definition) is 3. The molecule has 0 bridgehead atoms. The number of carboxylic acids is 1. The van der Waals surface area contributed by atoms with Gasteiger partial charge in [0.05, 0.1) is 11.8 Å². The Kier molecular flexibility index (Phi) is 5.82. The third-order valence-corrected chi connectivity index (χ3v) is 6.00. The van der Waals surface area contributed by atoms with Crippen LogP contribution in [0.5, 0.6) is 0 Å². The molecule has 146 valence electrons. The van der Waals surface area contributed by atoms with E-state index >= 15 is 0 Å². The molecule has 2 amide bonds. The number of carboxylic acid groups (broad SMARTS) is 1. The fraction of sp³-hybridized carbons (Fsp3) is 0.571. The summed E-state index contributed by atoms with van der Waals surface area (Å²) in [5.41, 5.74) is 1.31. The van der Waals surface area contributed by atoms with Crippen LogP contribution in [0.15, 0.2) is 24.3 Å². The number of likely N-dealkylation sites (tertiary alicyclic amines) is 1. The lowest BCUT2D eigenvalue weighted by Crippen LogP contribution is -2.39. The number of amides is 2. The van der Waals surface area contributed by atoms with Gasteiger partial charge in [-0.2, -0.15) is 0 Å². The number of nitrogens with one attached hydrogen (secondary N) is 1. The van der Waals surface area contributed by atoms with Gasteiger partial charge in [0, 0.05) is 24.7 Å². The molecular weight excluding hydrogens is 344 g/mol. The van der Waals surface area contributed by atoms with Crippen molar-refractivity contribution in [2.75, 3.05) is 11.9 Å². The van der Waals surface area contributed by atoms with Crippen LogP contribution in [0.3, 0.4) is 0 Å². The van der Waals surface area contributed by atoms with E-state index in [0.717, 1.165) is 31.6 Å². The van der Waals surface area contributed by atoms with Crippen molar-refractivity contribution >= 4 is 23.5 Å². The summed E-state index contributed by atoms with van der Waals surface area (Å²) < 4.78 is 0. The van der Waals surface area contributed by atoms with Gasteiger partial charge in [-0.05, 0) is 56.2 Å². The molecule has 1 saturated heterocycles. The number of carbonyl (C=O) groups is 3. The molecule has 2 aliphatic rings. The third kappa shape index (κ3) is 4.49. The standard InChI is InChI=1S/C21H28N2O4/c1-13-3-9-18(10-4-13)23-12-16(11-19(23)24)20(25)22-17-7-5-15(6-8-17)14(2)21(26)27/h5-8,13-14,16,18H,3-4,9-12H2,1-2H3,(H,22,25)(H,26,27). The highest BCUT2D eigenvalue weighted by Gasteiger charge is 2.38. The SMILES string of the molecule is CC1CCC(N2CC(C(=O)Nc3ccc(C(C)C(=O)O)cc3)CC2=O)CC1. The van der Waals surface area contributed by atoms with Crippen LogP contribution in [0, 0.1) is 11.8 Å². The minimum atomic E-state index is -0.881. The summed E-state index contributed by atoms with van der Waals surface area (Å²) in [7, 11) is 0. The zero-order valence-corrected chi connectivity index (χ0v) is 16.0. The molecule has 2 atom stereocenters. The molecule has 0 spiro atoms. The number of hydrogen-bond donors (Lipinski definition) is 2. The molecule has 1 heterocycles. The number of aliphatic carboxylic acids is 1. The molecule has 1 aliphatic heterocycles. The summed E-state index contributed by atoms with van der Waals surface area (Å²) in [5, 5.41) is 11.9. The highest BCUT2D eigenvalue weighted by molar-refractivity contribution is 5.97. The van der Waals surface area contributed by atoms with Crippen LogP contribution < -0.4 is 5.32 Å². The Hall–Kier alpha value is -2.37. The van der Waals surface area contributed by atoms with E-state index in [1.165, 1.54) is 0 Å². The summed E-state index contributed by atoms with van der Waals surface area (Å²) in [4.78, 5) is 37.9. The van der Waals surface area contributed by atoms with Gasteiger partial charge in [0.15, 0.2) is 0 Å². The fourth-order valence-electron chi connectivity index (χ4n) is 4.06. The molecule has 1 aromatic carbocycles. The Balaban J connectivity index is 1.57. The van der Waals surface area contributed by atoms with Gasteiger partial charge in [0.25, 0.3) is 0 Å². The quantitative estimate of drug-likeness (QED) is 0.831. The Morgan fingerprint density at radius 3 is 2.37 bits per heavy atom. The summed E-state index contributed by atoms with van der Waals surface area (Å²) in [5.74, 6) is -1.13. The lowest BCUT2D eigenvalue weighted by molar-refractivity contribution is -0.138. The zero-order valence-electron chi connectivity index (χ0n) is 16.0. The van der Waals surface area contributed by atoms with Gasteiger partial charge in [-0.15, -0.1) is 0 Å². The van der Waals surface area contributed by atoms with E-state index in [-0.39, 0.29) is 30.2 Å². The van der Waals surface area contributed by atoms with Crippen LogP contribution in [-0.4, -0.2) is 40.4 Å². The Labute approximate surface area is 159 Å². The molecule has 2 unspecified atom stereocenters. The molecule has 0 radical (unpaired) electrons. The molecular formula is C21H28N2O4. The summed E-state index contributed by atoms with van der Waals surface area (Å²) in [6, 6.07) is 7.13. The number of nitrogens with zero attached hydrogens (tertiary/aromatic N) is 1. The van der Waals surface area contributed by atoms with Crippen molar-refractivity contribution in [3.05, 3.63) is 29.8 Å². The van der Waals surface area contributed by atoms with Crippen molar-refractivity contribution in [1.82, 2.24) is 4.90 Å². The highest BCUT2D eigenvalue weighted by Crippen LogP contribution is 2.31. The lowest BCUT2D eigenvalue weighted by Gasteiger charge is -2.33. The molecule has 1 saturated carbocycles. The first-order chi connectivity index (χ1) is 12.8. The summed E-state index contributed by atoms with van der Waals surface area (Å²) in [6.07, 6.45) is 4.62. The van der Waals surface area contributed by atoms with E-state index < -0.39 is 11.9 Å². The molecule has 2 fully saturated rings. The molecule has 1 aliphatic carbocycles. The van der Waals surface area contributed by atoms with Gasteiger partial charge in [-0.25, -0.2) is 0 Å². The maximum atomic E-state index is 12.6. The van der Waals surface area contributed by atoms with Gasteiger partial charge in [0.2, 0.25) is 11.8 Å². The van der Waals surface area contributed by atoms with E-state index in [1.54, 1.807) is 31.2 Å². The van der Waals surface area contributed by atoms with Crippen molar-refractivity contribution in [3.8, 4) is 0 Å². The first-order valence-electron chi connectivity index (χ1n) is 9.78. The molecule has 6 nitrogen and oxygen atoms in total. The monoisotopic (exact) mass is 372 g/mol. The van der Waals surface area contributed by atoms with E-state index in [9.17, 15) is 14.4 Å². The van der Waals surface area contributed by atoms with Gasteiger partial charge in [-0.1, -0.05) is 19.1 Å². The van der Waals surface area contributed by atoms with Crippen LogP contribution in [-0.2, 0) is 14.4 Å². The Morgan fingerprint density at radius 1 is 1.15 bits per heavy atom. The van der Waals surface area contributed by atoms with E-state index in [2.05, 4.69) is 12.2 Å². The normalized spacial score (nSPS) is 26.7. The zero-order chi connectivity index (χ0) is 19.6.